The Labute approximate surface area is 260 Å². The molecule has 6 rings (SSSR count). The zero-order valence-corrected chi connectivity index (χ0v) is 26.2. The van der Waals surface area contributed by atoms with Crippen LogP contribution in [0, 0.1) is 32.2 Å². The van der Waals surface area contributed by atoms with E-state index in [0.717, 1.165) is 11.5 Å². The normalized spacial score (nSPS) is 40.4. The first kappa shape index (κ1) is 31.4. The molecule has 11 heteroatoms. The molecule has 0 amide bonds. The maximum atomic E-state index is 16.9. The van der Waals surface area contributed by atoms with E-state index >= 15 is 8.78 Å². The minimum Gasteiger partial charge on any atom is -0.505 e. The molecule has 0 aliphatic heterocycles. The molecule has 0 unspecified atom stereocenters. The summed E-state index contributed by atoms with van der Waals surface area (Å²) in [6, 6.07) is 5.35. The molecule has 0 radical (unpaired) electrons. The van der Waals surface area contributed by atoms with Crippen molar-refractivity contribution in [3.63, 3.8) is 0 Å². The fraction of sp³-hybridized carbons (Fsp3) is 0.516. The number of aliphatic hydroxyl groups excluding tert-OH is 2. The molecule has 1 aromatic heterocycles. The van der Waals surface area contributed by atoms with E-state index in [9.17, 15) is 30.0 Å². The van der Waals surface area contributed by atoms with Crippen LogP contribution in [0.15, 0.2) is 48.2 Å². The number of phenolic OH excluding ortho intramolecular Hbond substituents is 1. The summed E-state index contributed by atoms with van der Waals surface area (Å²) in [5.74, 6) is -3.05. The molecule has 3 saturated carbocycles. The number of hydrogen-bond acceptors (Lipinski definition) is 7. The number of benzene rings is 1. The molecule has 7 nitrogen and oxygen atoms in total. The van der Waals surface area contributed by atoms with Gasteiger partial charge in [0.25, 0.3) is 0 Å². The van der Waals surface area contributed by atoms with Crippen LogP contribution in [0.3, 0.4) is 0 Å². The molecule has 1 heterocycles. The predicted octanol–water partition coefficient (Wildman–Crippen LogP) is 5.04. The van der Waals surface area contributed by atoms with Crippen molar-refractivity contribution in [3.05, 3.63) is 56.8 Å². The van der Waals surface area contributed by atoms with Crippen LogP contribution in [0.4, 0.5) is 8.78 Å². The molecule has 42 heavy (non-hydrogen) atoms. The van der Waals surface area contributed by atoms with Crippen LogP contribution >= 0.6 is 34.2 Å². The zero-order valence-electron chi connectivity index (χ0n) is 23.3. The van der Waals surface area contributed by atoms with Crippen molar-refractivity contribution < 1.29 is 38.8 Å². The van der Waals surface area contributed by atoms with Gasteiger partial charge in [-0.3, -0.25) is 14.6 Å². The molecular weight excluding hydrogens is 683 g/mol. The monoisotopic (exact) mass is 715 g/mol. The van der Waals surface area contributed by atoms with Gasteiger partial charge < -0.3 is 20.4 Å². The van der Waals surface area contributed by atoms with Gasteiger partial charge in [-0.05, 0) is 96.5 Å². The number of Topliss-reactive ketones (excluding diaryl/α,β-unsaturated/α-hetero) is 1. The molecule has 0 saturated heterocycles. The summed E-state index contributed by atoms with van der Waals surface area (Å²) >= 11 is 8.00. The van der Waals surface area contributed by atoms with E-state index in [2.05, 4.69) is 4.98 Å². The highest BCUT2D eigenvalue weighted by Crippen LogP contribution is 2.70. The Morgan fingerprint density at radius 3 is 2.62 bits per heavy atom. The number of carbonyl (C=O) groups excluding carboxylic acids is 2. The lowest BCUT2D eigenvalue weighted by Crippen LogP contribution is -2.70. The number of carbonyl (C=O) groups is 2. The van der Waals surface area contributed by atoms with Gasteiger partial charge in [-0.25, -0.2) is 8.78 Å². The molecule has 2 aromatic rings. The summed E-state index contributed by atoms with van der Waals surface area (Å²) in [6.45, 7) is 3.96. The highest BCUT2D eigenvalue weighted by Gasteiger charge is 2.76. The van der Waals surface area contributed by atoms with Gasteiger partial charge in [0, 0.05) is 28.3 Å². The predicted molar refractivity (Wildman–Crippen MR) is 161 cm³/mol. The van der Waals surface area contributed by atoms with Gasteiger partial charge >= 0.3 is 0 Å². The fourth-order valence-electron chi connectivity index (χ4n) is 8.41. The molecule has 4 aliphatic rings. The number of alkyl halides is 2. The molecule has 226 valence electrons. The van der Waals surface area contributed by atoms with E-state index in [-0.39, 0.29) is 30.6 Å². The summed E-state index contributed by atoms with van der Waals surface area (Å²) in [5, 5.41) is 42.9. The number of halogens is 4. The maximum absolute atomic E-state index is 16.9. The van der Waals surface area contributed by atoms with Crippen molar-refractivity contribution in [3.8, 4) is 5.75 Å². The number of pyridine rings is 1. The van der Waals surface area contributed by atoms with E-state index < -0.39 is 70.3 Å². The second-order valence-corrected chi connectivity index (χ2v) is 14.0. The second-order valence-electron chi connectivity index (χ2n) is 12.4. The number of ketones is 2. The van der Waals surface area contributed by atoms with E-state index in [4.69, 9.17) is 11.6 Å². The highest BCUT2D eigenvalue weighted by atomic mass is 127. The fourth-order valence-corrected chi connectivity index (χ4v) is 9.42. The number of aromatic hydroxyl groups is 1. The molecule has 9 atom stereocenters. The third-order valence-electron chi connectivity index (χ3n) is 10.5. The first-order valence-electron chi connectivity index (χ1n) is 13.8. The molecule has 3 fully saturated rings. The topological polar surface area (TPSA) is 128 Å². The third kappa shape index (κ3) is 4.15. The minimum atomic E-state index is -2.24. The molecule has 0 bridgehead atoms. The van der Waals surface area contributed by atoms with Gasteiger partial charge in [-0.1, -0.05) is 31.5 Å². The smallest absolute Gasteiger partial charge is 0.190 e. The summed E-state index contributed by atoms with van der Waals surface area (Å²) in [5.41, 5.74) is -6.25. The standard InChI is InChI=1S/C22H28F2O5.C9H5ClINO/c1-11-6-13-14-8-16(23)15-7-12(26)4-5-19(15,2)21(14,24)17(27)9-20(13,3)22(11,29)18(28)10-25;10-6-4-7(11)9(13)8-5(6)2-1-3-12-8/h4-5,7,11,13-14,16-17,25,27,29H,6,8-10H2,1-3H3;1-4,13H/t11-,13+,14+,16+,17+,19+,20+,21+,22+;/m1./s1. The van der Waals surface area contributed by atoms with Gasteiger partial charge in [-0.2, -0.15) is 0 Å². The Bertz CT molecular complexity index is 1540. The Hall–Kier alpha value is -1.99. The summed E-state index contributed by atoms with van der Waals surface area (Å²) < 4.78 is 32.8. The van der Waals surface area contributed by atoms with Crippen molar-refractivity contribution in [2.75, 3.05) is 6.61 Å². The first-order chi connectivity index (χ1) is 19.6. The van der Waals surface area contributed by atoms with Crippen molar-refractivity contribution in [1.82, 2.24) is 4.98 Å². The van der Waals surface area contributed by atoms with Crippen molar-refractivity contribution in [1.29, 1.82) is 0 Å². The molecule has 1 aromatic carbocycles. The SMILES string of the molecule is C[C@@H]1C[C@H]2[C@@H]3C[C@H](F)C4=CC(=O)C=C[C@]4(C)[C@@]3(F)[C@@H](O)C[C@]2(C)[C@@]1(O)C(=O)CO.Oc1c(I)cc(Cl)c2cccnc12. The molecular formula is C31H33ClF2INO6. The van der Waals surface area contributed by atoms with E-state index in [1.165, 1.54) is 19.1 Å². The Kier molecular flexibility index (Phi) is 7.91. The number of aliphatic hydroxyl groups is 3. The largest absolute Gasteiger partial charge is 0.505 e. The average molecular weight is 716 g/mol. The quantitative estimate of drug-likeness (QED) is 0.321. The van der Waals surface area contributed by atoms with Crippen molar-refractivity contribution >= 4 is 56.7 Å². The second kappa shape index (κ2) is 10.6. The Morgan fingerprint density at radius 1 is 1.26 bits per heavy atom. The number of aromatic nitrogens is 1. The lowest BCUT2D eigenvalue weighted by atomic mass is 9.44. The lowest BCUT2D eigenvalue weighted by Gasteiger charge is -2.63. The van der Waals surface area contributed by atoms with Crippen LogP contribution in [0.1, 0.15) is 40.0 Å². The van der Waals surface area contributed by atoms with Gasteiger partial charge in [0.15, 0.2) is 23.0 Å². The minimum absolute atomic E-state index is 0.0409. The van der Waals surface area contributed by atoms with Crippen LogP contribution in [0.2, 0.25) is 5.02 Å². The van der Waals surface area contributed by atoms with Gasteiger partial charge in [0.2, 0.25) is 0 Å². The number of hydrogen-bond donors (Lipinski definition) is 4. The Balaban J connectivity index is 0.000000226. The number of phenols is 1. The van der Waals surface area contributed by atoms with Crippen LogP contribution in [0.5, 0.6) is 5.75 Å². The van der Waals surface area contributed by atoms with Crippen LogP contribution in [0.25, 0.3) is 10.9 Å². The van der Waals surface area contributed by atoms with Crippen molar-refractivity contribution in [2.45, 2.75) is 63.6 Å². The lowest BCUT2D eigenvalue weighted by molar-refractivity contribution is -0.223. The maximum Gasteiger partial charge on any atom is 0.190 e. The highest BCUT2D eigenvalue weighted by molar-refractivity contribution is 14.1. The number of fused-ring (bicyclic) bond motifs is 6. The number of rotatable bonds is 2. The number of nitrogens with zero attached hydrogens (tertiary/aromatic N) is 1. The van der Waals surface area contributed by atoms with Crippen molar-refractivity contribution in [2.24, 2.45) is 28.6 Å². The summed E-state index contributed by atoms with van der Waals surface area (Å²) in [6.07, 6.45) is 2.06. The molecule has 0 spiro atoms. The van der Waals surface area contributed by atoms with E-state index in [1.807, 2.05) is 28.7 Å². The van der Waals surface area contributed by atoms with Crippen LogP contribution in [-0.4, -0.2) is 67.1 Å². The van der Waals surface area contributed by atoms with Crippen LogP contribution in [-0.2, 0) is 9.59 Å². The third-order valence-corrected chi connectivity index (χ3v) is 11.7. The molecule has 4 aliphatic carbocycles. The van der Waals surface area contributed by atoms with Crippen LogP contribution < -0.4 is 0 Å². The van der Waals surface area contributed by atoms with Gasteiger partial charge in [0.1, 0.15) is 23.9 Å². The first-order valence-corrected chi connectivity index (χ1v) is 15.3. The van der Waals surface area contributed by atoms with E-state index in [0.29, 0.717) is 14.1 Å². The van der Waals surface area contributed by atoms with E-state index in [1.54, 1.807) is 32.2 Å². The van der Waals surface area contributed by atoms with Gasteiger partial charge in [0.05, 0.1) is 14.7 Å². The van der Waals surface area contributed by atoms with Gasteiger partial charge in [-0.15, -0.1) is 0 Å². The average Bonchev–Trinajstić information content (AvgIpc) is 3.15. The molecule has 4 N–H and O–H groups in total. The zero-order chi connectivity index (χ0) is 31.0. The summed E-state index contributed by atoms with van der Waals surface area (Å²) in [7, 11) is 0. The summed E-state index contributed by atoms with van der Waals surface area (Å²) in [4.78, 5) is 28.4. The number of allylic oxidation sites excluding steroid dienone is 4. The Morgan fingerprint density at radius 2 is 1.95 bits per heavy atom.